The zero-order chi connectivity index (χ0) is 58.5. The Balaban J connectivity index is 1.41. The third-order valence-corrected chi connectivity index (χ3v) is 16.8. The number of aliphatic hydroxyl groups excluding tert-OH is 5. The number of carbonyl (C=O) groups is 6. The molecule has 0 radical (unpaired) electrons. The van der Waals surface area contributed by atoms with E-state index >= 15 is 0 Å². The quantitative estimate of drug-likeness (QED) is 0.107. The number of esters is 1. The van der Waals surface area contributed by atoms with Crippen LogP contribution in [0.15, 0.2) is 47.6 Å². The lowest BCUT2D eigenvalue weighted by Gasteiger charge is -2.42. The summed E-state index contributed by atoms with van der Waals surface area (Å²) in [6, 6.07) is -1.24. The van der Waals surface area contributed by atoms with Gasteiger partial charge in [-0.05, 0) is 107 Å². The van der Waals surface area contributed by atoms with Gasteiger partial charge < -0.3 is 73.4 Å². The number of hydrogen-bond donors (Lipinski definition) is 6. The van der Waals surface area contributed by atoms with Crippen molar-refractivity contribution in [3.05, 3.63) is 47.6 Å². The highest BCUT2D eigenvalue weighted by molar-refractivity contribution is 6.39. The summed E-state index contributed by atoms with van der Waals surface area (Å²) in [6.45, 7) is 11.6. The largest absolute Gasteiger partial charge is 0.511 e. The van der Waals surface area contributed by atoms with Gasteiger partial charge in [0.2, 0.25) is 12.1 Å². The van der Waals surface area contributed by atoms with Crippen LogP contribution in [0.3, 0.4) is 0 Å². The van der Waals surface area contributed by atoms with E-state index in [2.05, 4.69) is 0 Å². The van der Waals surface area contributed by atoms with Crippen LogP contribution in [0.25, 0.3) is 0 Å². The van der Waals surface area contributed by atoms with E-state index in [4.69, 9.17) is 37.9 Å². The highest BCUT2D eigenvalue weighted by Gasteiger charge is 2.53. The Bertz CT molecular complexity index is 2190. The number of ketones is 3. The van der Waals surface area contributed by atoms with Gasteiger partial charge in [-0.1, -0.05) is 71.1 Å². The van der Waals surface area contributed by atoms with Crippen molar-refractivity contribution in [1.29, 1.82) is 0 Å². The van der Waals surface area contributed by atoms with E-state index in [0.29, 0.717) is 56.9 Å². The number of methoxy groups -OCH3 is 3. The van der Waals surface area contributed by atoms with Gasteiger partial charge in [0.1, 0.15) is 60.7 Å². The van der Waals surface area contributed by atoms with Crippen LogP contribution in [-0.4, -0.2) is 191 Å². The van der Waals surface area contributed by atoms with E-state index in [1.165, 1.54) is 14.2 Å². The molecule has 0 aromatic rings. The molecule has 1 aliphatic carbocycles. The van der Waals surface area contributed by atoms with Crippen LogP contribution < -0.4 is 0 Å². The van der Waals surface area contributed by atoms with Gasteiger partial charge >= 0.3 is 12.1 Å². The minimum absolute atomic E-state index is 0.0156. The molecule has 21 nitrogen and oxygen atoms in total. The van der Waals surface area contributed by atoms with Crippen molar-refractivity contribution in [3.8, 4) is 0 Å². The third-order valence-electron chi connectivity index (χ3n) is 16.8. The van der Waals surface area contributed by atoms with Gasteiger partial charge in [-0.25, -0.2) is 9.59 Å². The Morgan fingerprint density at radius 3 is 2.20 bits per heavy atom. The summed E-state index contributed by atoms with van der Waals surface area (Å²) in [6.07, 6.45) is -1.03. The molecule has 2 bridgehead atoms. The molecule has 4 fully saturated rings. The average molecular weight is 1120 g/mol. The molecule has 5 aliphatic rings. The van der Waals surface area contributed by atoms with E-state index in [9.17, 15) is 59.4 Å². The number of nitrogens with zero attached hydrogens (tertiary/aromatic N) is 1. The molecule has 3 saturated heterocycles. The first-order chi connectivity index (χ1) is 37.4. The first-order valence-electron chi connectivity index (χ1n) is 28.1. The lowest BCUT2D eigenvalue weighted by atomic mass is 9.78. The standard InChI is InChI=1S/C58H89NO20/c1-31-16-12-11-13-17-32(2)43(72-8)28-39-21-19-37(7)58(71,79-39)53(67)54(68)59-23-15-14-18-40(59)55(69)75-44(29-41(61)33(3)25-36(6)48(63)52(74-10)47(62)35(5)24-31)34(4)26-38-20-22-42(45(27-38)73-9)77-57(70)78-56-51(66)50(65)49(64)46(30-60)76-56/h11-13,16-17,25,31,33-35,37-40,42-46,48-52,56,60,63-66,71H,14-15,18-24,26-30H2,1-10H3/b13-11+,16-12-,32-17+,36-25+/t31-,33-,34-,35+,37-,38-,39+,40?,42-,43+,44+,45-,46-,48-,49-,50+,51-,52+,56+,58-/m1/s1. The van der Waals surface area contributed by atoms with E-state index in [-0.39, 0.29) is 55.6 Å². The predicted molar refractivity (Wildman–Crippen MR) is 284 cm³/mol. The Hall–Kier alpha value is -4.26. The summed E-state index contributed by atoms with van der Waals surface area (Å²) in [4.78, 5) is 85.6. The fourth-order valence-electron chi connectivity index (χ4n) is 11.6. The smallest absolute Gasteiger partial charge is 0.460 e. The molecular formula is C58H89NO20. The van der Waals surface area contributed by atoms with Gasteiger partial charge in [0.05, 0.1) is 24.9 Å². The molecule has 20 atom stereocenters. The summed E-state index contributed by atoms with van der Waals surface area (Å²) in [5.41, 5.74) is 1.17. The lowest BCUT2D eigenvalue weighted by molar-refractivity contribution is -0.290. The maximum Gasteiger partial charge on any atom is 0.511 e. The number of rotatable bonds is 9. The Labute approximate surface area is 464 Å². The minimum Gasteiger partial charge on any atom is -0.460 e. The molecule has 6 N–H and O–H groups in total. The molecule has 0 aromatic heterocycles. The van der Waals surface area contributed by atoms with Crippen molar-refractivity contribution in [1.82, 2.24) is 4.90 Å². The highest BCUT2D eigenvalue weighted by Crippen LogP contribution is 2.38. The van der Waals surface area contributed by atoms with Crippen molar-refractivity contribution in [2.75, 3.05) is 34.5 Å². The zero-order valence-corrected chi connectivity index (χ0v) is 47.7. The Kier molecular flexibility index (Phi) is 25.0. The molecule has 1 amide bonds. The number of fused-ring (bicyclic) bond motifs is 3. The van der Waals surface area contributed by atoms with E-state index < -0.39 is 139 Å². The van der Waals surface area contributed by atoms with Gasteiger partial charge in [0.15, 0.2) is 5.78 Å². The minimum atomic E-state index is -2.50. The highest BCUT2D eigenvalue weighted by atomic mass is 16.8. The molecule has 1 unspecified atom stereocenters. The number of piperidine rings is 1. The van der Waals surface area contributed by atoms with Gasteiger partial charge in [-0.3, -0.25) is 19.2 Å². The molecule has 1 saturated carbocycles. The topological polar surface area (TPSA) is 301 Å². The normalized spacial score (nSPS) is 41.1. The van der Waals surface area contributed by atoms with Crippen molar-refractivity contribution in [2.45, 2.75) is 211 Å². The summed E-state index contributed by atoms with van der Waals surface area (Å²) >= 11 is 0. The second-order valence-corrected chi connectivity index (χ2v) is 22.7. The number of Topliss-reactive ketones (excluding diaryl/α,β-unsaturated/α-hetero) is 3. The number of amides is 1. The molecule has 5 rings (SSSR count). The molecule has 4 aliphatic heterocycles. The maximum absolute atomic E-state index is 14.6. The van der Waals surface area contributed by atoms with Crippen molar-refractivity contribution < 1.29 is 97.3 Å². The van der Waals surface area contributed by atoms with Crippen molar-refractivity contribution >= 4 is 35.4 Å². The Morgan fingerprint density at radius 2 is 1.53 bits per heavy atom. The van der Waals surface area contributed by atoms with Crippen LogP contribution in [0.5, 0.6) is 0 Å². The predicted octanol–water partition coefficient (Wildman–Crippen LogP) is 4.14. The third kappa shape index (κ3) is 16.9. The van der Waals surface area contributed by atoms with E-state index in [1.807, 2.05) is 51.2 Å². The van der Waals surface area contributed by atoms with Crippen LogP contribution in [0.2, 0.25) is 0 Å². The van der Waals surface area contributed by atoms with Gasteiger partial charge in [-0.2, -0.15) is 0 Å². The fourth-order valence-corrected chi connectivity index (χ4v) is 11.6. The summed E-state index contributed by atoms with van der Waals surface area (Å²) in [5, 5.41) is 63.8. The van der Waals surface area contributed by atoms with Crippen LogP contribution >= 0.6 is 0 Å². The van der Waals surface area contributed by atoms with Gasteiger partial charge in [0.25, 0.3) is 11.7 Å². The van der Waals surface area contributed by atoms with E-state index in [1.54, 1.807) is 40.9 Å². The molecule has 0 aromatic carbocycles. The first-order valence-corrected chi connectivity index (χ1v) is 28.1. The number of carbonyl (C=O) groups excluding carboxylic acids is 6. The molecule has 21 heteroatoms. The number of cyclic esters (lactones) is 1. The average Bonchev–Trinajstić information content (AvgIpc) is 3.42. The molecule has 4 heterocycles. The van der Waals surface area contributed by atoms with Crippen LogP contribution in [0.4, 0.5) is 4.79 Å². The summed E-state index contributed by atoms with van der Waals surface area (Å²) < 4.78 is 45.7. The summed E-state index contributed by atoms with van der Waals surface area (Å²) in [5.74, 6) is -9.07. The van der Waals surface area contributed by atoms with Crippen LogP contribution in [-0.2, 0) is 61.9 Å². The lowest BCUT2D eigenvalue weighted by Crippen LogP contribution is -2.61. The number of aliphatic hydroxyl groups is 6. The molecule has 0 spiro atoms. The molecule has 446 valence electrons. The van der Waals surface area contributed by atoms with E-state index in [0.717, 1.165) is 10.5 Å². The molecule has 79 heavy (non-hydrogen) atoms. The second-order valence-electron chi connectivity index (χ2n) is 22.7. The van der Waals surface area contributed by atoms with Gasteiger partial charge in [0, 0.05) is 58.5 Å². The van der Waals surface area contributed by atoms with Crippen molar-refractivity contribution in [3.63, 3.8) is 0 Å². The fraction of sp³-hybridized carbons (Fsp3) is 0.759. The first kappa shape index (κ1) is 65.5. The maximum atomic E-state index is 14.6. The number of ether oxygens (including phenoxy) is 8. The van der Waals surface area contributed by atoms with Crippen LogP contribution in [0, 0.1) is 35.5 Å². The summed E-state index contributed by atoms with van der Waals surface area (Å²) in [7, 11) is 4.33. The van der Waals surface area contributed by atoms with Crippen molar-refractivity contribution in [2.24, 2.45) is 35.5 Å². The zero-order valence-electron chi connectivity index (χ0n) is 47.7. The number of allylic oxidation sites excluding steroid dienone is 6. The Morgan fingerprint density at radius 1 is 0.810 bits per heavy atom. The van der Waals surface area contributed by atoms with Gasteiger partial charge in [-0.15, -0.1) is 0 Å². The second kappa shape index (κ2) is 30.2. The monoisotopic (exact) mass is 1120 g/mol. The SMILES string of the molecule is CO[C@H]1C[C@@H]2CC[C@@H](C)[C@@](O)(O2)C(=O)C(=O)N2CCCCC2C(=O)O[C@H]([C@H](C)C[C@H]2CC[C@@H](OC(=O)O[C@@H]3O[C@H](CO)[C@@H](O)[C@H](O)[C@H]3O)[C@H](OC)C2)CC(=O)[C@H](C)/C=C(\C)[C@@H](O)[C@@H](OC)C(=O)[C@@H](C)C[C@H](C)\C=C/C=C/C=C/1C. The molecular weight excluding hydrogens is 1030 g/mol. The van der Waals surface area contributed by atoms with Crippen LogP contribution in [0.1, 0.15) is 126 Å². The number of hydrogen-bond acceptors (Lipinski definition) is 20.